The Kier molecular flexibility index (Phi) is 4.59. The van der Waals surface area contributed by atoms with Crippen molar-refractivity contribution in [3.63, 3.8) is 0 Å². The Balaban J connectivity index is 4.22. The largest absolute Gasteiger partial charge is 0.379 e. The van der Waals surface area contributed by atoms with Gasteiger partial charge in [0.05, 0.1) is 5.70 Å². The first kappa shape index (κ1) is 10.2. The van der Waals surface area contributed by atoms with E-state index in [1.165, 1.54) is 0 Å². The second-order valence-electron chi connectivity index (χ2n) is 2.94. The SMILES string of the molecule is C=N/C(=C\N(C)CC)C(C)C. The Morgan fingerprint density at radius 1 is 1.64 bits per heavy atom. The molecule has 0 bridgehead atoms. The first-order valence-corrected chi connectivity index (χ1v) is 4.00. The summed E-state index contributed by atoms with van der Waals surface area (Å²) < 4.78 is 0. The number of nitrogens with zero attached hydrogens (tertiary/aromatic N) is 2. The lowest BCUT2D eigenvalue weighted by molar-refractivity contribution is 0.473. The van der Waals surface area contributed by atoms with Gasteiger partial charge in [-0.3, -0.25) is 4.99 Å². The van der Waals surface area contributed by atoms with Gasteiger partial charge in [-0.05, 0) is 19.6 Å². The Hall–Kier alpha value is -0.790. The highest BCUT2D eigenvalue weighted by Gasteiger charge is 1.99. The van der Waals surface area contributed by atoms with Gasteiger partial charge in [0, 0.05) is 19.8 Å². The van der Waals surface area contributed by atoms with E-state index in [-0.39, 0.29) is 0 Å². The zero-order valence-electron chi connectivity index (χ0n) is 7.96. The van der Waals surface area contributed by atoms with Crippen LogP contribution >= 0.6 is 0 Å². The van der Waals surface area contributed by atoms with Crippen LogP contribution in [0.1, 0.15) is 20.8 Å². The van der Waals surface area contributed by atoms with Gasteiger partial charge in [0.1, 0.15) is 0 Å². The van der Waals surface area contributed by atoms with Crippen LogP contribution in [-0.2, 0) is 0 Å². The van der Waals surface area contributed by atoms with Crippen molar-refractivity contribution in [3.8, 4) is 0 Å². The second kappa shape index (κ2) is 4.94. The summed E-state index contributed by atoms with van der Waals surface area (Å²) in [5.74, 6) is 0.460. The smallest absolute Gasteiger partial charge is 0.0579 e. The number of allylic oxidation sites excluding steroid dienone is 1. The van der Waals surface area contributed by atoms with E-state index in [2.05, 4.69) is 37.4 Å². The van der Waals surface area contributed by atoms with E-state index in [1.807, 2.05) is 13.2 Å². The van der Waals surface area contributed by atoms with Gasteiger partial charge in [-0.15, -0.1) is 0 Å². The van der Waals surface area contributed by atoms with Gasteiger partial charge in [-0.1, -0.05) is 13.8 Å². The molecule has 0 aliphatic carbocycles. The summed E-state index contributed by atoms with van der Waals surface area (Å²) in [6.45, 7) is 10.9. The third kappa shape index (κ3) is 3.81. The molecule has 0 saturated heterocycles. The van der Waals surface area contributed by atoms with E-state index < -0.39 is 0 Å². The molecular formula is C9H18N2. The quantitative estimate of drug-likeness (QED) is 0.566. The minimum atomic E-state index is 0.460. The Labute approximate surface area is 69.6 Å². The van der Waals surface area contributed by atoms with Gasteiger partial charge in [-0.25, -0.2) is 0 Å². The lowest BCUT2D eigenvalue weighted by Gasteiger charge is -2.13. The van der Waals surface area contributed by atoms with Crippen LogP contribution < -0.4 is 0 Å². The highest BCUT2D eigenvalue weighted by molar-refractivity contribution is 5.29. The zero-order valence-corrected chi connectivity index (χ0v) is 7.96. The van der Waals surface area contributed by atoms with Crippen LogP contribution in [0.25, 0.3) is 0 Å². The molecule has 0 N–H and O–H groups in total. The van der Waals surface area contributed by atoms with E-state index in [9.17, 15) is 0 Å². The standard InChI is InChI=1S/C9H18N2/c1-6-11(5)7-9(10-4)8(2)3/h7-8H,4,6H2,1-3,5H3/b9-7-. The van der Waals surface area contributed by atoms with Gasteiger partial charge >= 0.3 is 0 Å². The molecular weight excluding hydrogens is 136 g/mol. The van der Waals surface area contributed by atoms with Crippen molar-refractivity contribution in [1.29, 1.82) is 0 Å². The fourth-order valence-corrected chi connectivity index (χ4v) is 0.690. The van der Waals surface area contributed by atoms with Crippen LogP contribution in [0.5, 0.6) is 0 Å². The molecule has 11 heavy (non-hydrogen) atoms. The van der Waals surface area contributed by atoms with Crippen LogP contribution in [0.3, 0.4) is 0 Å². The lowest BCUT2D eigenvalue weighted by atomic mass is 10.1. The van der Waals surface area contributed by atoms with Gasteiger partial charge < -0.3 is 4.90 Å². The molecule has 0 heterocycles. The molecule has 2 nitrogen and oxygen atoms in total. The maximum atomic E-state index is 3.94. The minimum absolute atomic E-state index is 0.460. The fourth-order valence-electron chi connectivity index (χ4n) is 0.690. The maximum Gasteiger partial charge on any atom is 0.0579 e. The zero-order chi connectivity index (χ0) is 8.85. The Morgan fingerprint density at radius 2 is 2.18 bits per heavy atom. The molecule has 0 aliphatic rings. The van der Waals surface area contributed by atoms with Crippen LogP contribution in [0.15, 0.2) is 16.9 Å². The lowest BCUT2D eigenvalue weighted by Crippen LogP contribution is -2.11. The van der Waals surface area contributed by atoms with E-state index in [0.717, 1.165) is 12.2 Å². The van der Waals surface area contributed by atoms with Crippen molar-refractivity contribution in [2.75, 3.05) is 13.6 Å². The van der Waals surface area contributed by atoms with Crippen molar-refractivity contribution in [2.45, 2.75) is 20.8 Å². The molecule has 0 atom stereocenters. The molecule has 0 unspecified atom stereocenters. The Morgan fingerprint density at radius 3 is 2.45 bits per heavy atom. The topological polar surface area (TPSA) is 15.6 Å². The molecule has 0 spiro atoms. The van der Waals surface area contributed by atoms with Crippen LogP contribution in [0, 0.1) is 5.92 Å². The molecule has 0 rings (SSSR count). The van der Waals surface area contributed by atoms with E-state index in [4.69, 9.17) is 0 Å². The van der Waals surface area contributed by atoms with Gasteiger partial charge in [0.2, 0.25) is 0 Å². The first-order valence-electron chi connectivity index (χ1n) is 4.00. The maximum absolute atomic E-state index is 3.94. The summed E-state index contributed by atoms with van der Waals surface area (Å²) in [6, 6.07) is 0. The summed E-state index contributed by atoms with van der Waals surface area (Å²) in [4.78, 5) is 6.05. The summed E-state index contributed by atoms with van der Waals surface area (Å²) >= 11 is 0. The van der Waals surface area contributed by atoms with E-state index in [1.54, 1.807) is 0 Å². The van der Waals surface area contributed by atoms with Crippen molar-refractivity contribution >= 4 is 6.72 Å². The molecule has 0 amide bonds. The predicted molar refractivity (Wildman–Crippen MR) is 50.8 cm³/mol. The van der Waals surface area contributed by atoms with Crippen molar-refractivity contribution in [2.24, 2.45) is 10.9 Å². The van der Waals surface area contributed by atoms with Gasteiger partial charge in [-0.2, -0.15) is 0 Å². The van der Waals surface area contributed by atoms with Crippen molar-refractivity contribution in [3.05, 3.63) is 11.9 Å². The third-order valence-electron chi connectivity index (χ3n) is 1.63. The van der Waals surface area contributed by atoms with E-state index >= 15 is 0 Å². The normalized spacial score (nSPS) is 11.9. The van der Waals surface area contributed by atoms with Crippen LogP contribution in [0.2, 0.25) is 0 Å². The van der Waals surface area contributed by atoms with Crippen LogP contribution in [-0.4, -0.2) is 25.2 Å². The number of hydrogen-bond donors (Lipinski definition) is 0. The predicted octanol–water partition coefficient (Wildman–Crippen LogP) is 2.14. The molecule has 0 aliphatic heterocycles. The number of aliphatic imine (C=N–C) groups is 1. The van der Waals surface area contributed by atoms with Crippen molar-refractivity contribution < 1.29 is 0 Å². The molecule has 0 saturated carbocycles. The molecule has 0 aromatic heterocycles. The highest BCUT2D eigenvalue weighted by atomic mass is 15.1. The Bertz CT molecular complexity index is 148. The minimum Gasteiger partial charge on any atom is -0.379 e. The average molecular weight is 154 g/mol. The molecule has 0 aromatic rings. The summed E-state index contributed by atoms with van der Waals surface area (Å²) in [5, 5.41) is 0. The second-order valence-corrected chi connectivity index (χ2v) is 2.94. The number of hydrogen-bond acceptors (Lipinski definition) is 2. The molecule has 2 heteroatoms. The van der Waals surface area contributed by atoms with Crippen LogP contribution in [0.4, 0.5) is 0 Å². The summed E-state index contributed by atoms with van der Waals surface area (Å²) in [5.41, 5.74) is 1.05. The fraction of sp³-hybridized carbons (Fsp3) is 0.667. The third-order valence-corrected chi connectivity index (χ3v) is 1.63. The first-order chi connectivity index (χ1) is 5.11. The monoisotopic (exact) mass is 154 g/mol. The van der Waals surface area contributed by atoms with Gasteiger partial charge in [0.25, 0.3) is 0 Å². The average Bonchev–Trinajstić information content (AvgIpc) is 1.99. The molecule has 0 aromatic carbocycles. The molecule has 64 valence electrons. The van der Waals surface area contributed by atoms with E-state index in [0.29, 0.717) is 5.92 Å². The highest BCUT2D eigenvalue weighted by Crippen LogP contribution is 2.10. The van der Waals surface area contributed by atoms with Gasteiger partial charge in [0.15, 0.2) is 0 Å². The summed E-state index contributed by atoms with van der Waals surface area (Å²) in [7, 11) is 2.04. The van der Waals surface area contributed by atoms with Crippen molar-refractivity contribution in [1.82, 2.24) is 4.90 Å². The number of rotatable bonds is 4. The molecule has 0 radical (unpaired) electrons. The summed E-state index contributed by atoms with van der Waals surface area (Å²) in [6.07, 6.45) is 2.04. The molecule has 0 fully saturated rings.